The summed E-state index contributed by atoms with van der Waals surface area (Å²) in [5, 5.41) is 11.0. The minimum Gasteiger partial charge on any atom is -0.377 e. The SMILES string of the molecule is CNc1snnc1CN1CCNC(=O)CC1. The van der Waals surface area contributed by atoms with Gasteiger partial charge in [-0.2, -0.15) is 0 Å². The fourth-order valence-electron chi connectivity index (χ4n) is 1.69. The molecule has 7 heteroatoms. The molecule has 0 aromatic carbocycles. The second-order valence-corrected chi connectivity index (χ2v) is 4.43. The summed E-state index contributed by atoms with van der Waals surface area (Å²) in [6, 6.07) is 0. The van der Waals surface area contributed by atoms with Gasteiger partial charge in [-0.05, 0) is 0 Å². The average Bonchev–Trinajstić information content (AvgIpc) is 2.63. The van der Waals surface area contributed by atoms with Gasteiger partial charge < -0.3 is 10.6 Å². The molecule has 0 aliphatic carbocycles. The molecule has 1 fully saturated rings. The fourth-order valence-corrected chi connectivity index (χ4v) is 2.21. The molecule has 0 saturated carbocycles. The number of carbonyl (C=O) groups is 1. The third-order valence-electron chi connectivity index (χ3n) is 2.56. The molecule has 1 saturated heterocycles. The Balaban J connectivity index is 1.96. The Morgan fingerprint density at radius 3 is 3.25 bits per heavy atom. The summed E-state index contributed by atoms with van der Waals surface area (Å²) >= 11 is 1.36. The van der Waals surface area contributed by atoms with Crippen molar-refractivity contribution < 1.29 is 4.79 Å². The number of aromatic nitrogens is 2. The number of anilines is 1. The third kappa shape index (κ3) is 2.67. The number of carbonyl (C=O) groups excluding carboxylic acids is 1. The zero-order chi connectivity index (χ0) is 11.4. The number of nitrogens with one attached hydrogen (secondary N) is 2. The first-order valence-corrected chi connectivity index (χ1v) is 6.05. The van der Waals surface area contributed by atoms with Gasteiger partial charge in [-0.15, -0.1) is 5.10 Å². The molecule has 2 N–H and O–H groups in total. The van der Waals surface area contributed by atoms with Gasteiger partial charge in [0, 0.05) is 51.2 Å². The van der Waals surface area contributed by atoms with Gasteiger partial charge in [0.25, 0.3) is 0 Å². The topological polar surface area (TPSA) is 70.2 Å². The summed E-state index contributed by atoms with van der Waals surface area (Å²) < 4.78 is 3.92. The molecule has 0 radical (unpaired) electrons. The van der Waals surface area contributed by atoms with E-state index >= 15 is 0 Å². The molecule has 1 amide bonds. The molecule has 88 valence electrons. The normalized spacial score (nSPS) is 17.9. The lowest BCUT2D eigenvalue weighted by molar-refractivity contribution is -0.120. The lowest BCUT2D eigenvalue weighted by Gasteiger charge is -2.17. The van der Waals surface area contributed by atoms with Crippen molar-refractivity contribution in [3.8, 4) is 0 Å². The predicted molar refractivity (Wildman–Crippen MR) is 62.4 cm³/mol. The Morgan fingerprint density at radius 1 is 1.56 bits per heavy atom. The second kappa shape index (κ2) is 5.22. The first-order valence-electron chi connectivity index (χ1n) is 5.27. The van der Waals surface area contributed by atoms with Gasteiger partial charge in [0.2, 0.25) is 5.91 Å². The lowest BCUT2D eigenvalue weighted by Crippen LogP contribution is -2.28. The fraction of sp³-hybridized carbons (Fsp3) is 0.667. The van der Waals surface area contributed by atoms with Gasteiger partial charge in [0.1, 0.15) is 10.7 Å². The molecular formula is C9H15N5OS. The summed E-state index contributed by atoms with van der Waals surface area (Å²) in [4.78, 5) is 13.4. The van der Waals surface area contributed by atoms with Crippen molar-refractivity contribution >= 4 is 22.4 Å². The van der Waals surface area contributed by atoms with E-state index in [2.05, 4.69) is 25.1 Å². The van der Waals surface area contributed by atoms with Gasteiger partial charge in [0.15, 0.2) is 0 Å². The molecule has 2 rings (SSSR count). The maximum Gasteiger partial charge on any atom is 0.221 e. The number of nitrogens with zero attached hydrogens (tertiary/aromatic N) is 3. The molecule has 1 aliphatic heterocycles. The molecule has 16 heavy (non-hydrogen) atoms. The van der Waals surface area contributed by atoms with Crippen molar-refractivity contribution in [1.82, 2.24) is 19.8 Å². The molecule has 0 spiro atoms. The van der Waals surface area contributed by atoms with Crippen LogP contribution in [0.2, 0.25) is 0 Å². The molecule has 0 atom stereocenters. The summed E-state index contributed by atoms with van der Waals surface area (Å²) in [7, 11) is 1.87. The molecular weight excluding hydrogens is 226 g/mol. The summed E-state index contributed by atoms with van der Waals surface area (Å²) in [5.74, 6) is 0.132. The molecule has 6 nitrogen and oxygen atoms in total. The quantitative estimate of drug-likeness (QED) is 0.773. The van der Waals surface area contributed by atoms with E-state index < -0.39 is 0 Å². The smallest absolute Gasteiger partial charge is 0.221 e. The highest BCUT2D eigenvalue weighted by Gasteiger charge is 2.16. The minimum absolute atomic E-state index is 0.132. The molecule has 2 heterocycles. The van der Waals surface area contributed by atoms with E-state index in [4.69, 9.17) is 0 Å². The number of amides is 1. The molecule has 1 aliphatic rings. The Kier molecular flexibility index (Phi) is 3.68. The average molecular weight is 241 g/mol. The van der Waals surface area contributed by atoms with Crippen molar-refractivity contribution in [1.29, 1.82) is 0 Å². The van der Waals surface area contributed by atoms with Crippen LogP contribution in [0, 0.1) is 0 Å². The van der Waals surface area contributed by atoms with Crippen molar-refractivity contribution in [2.24, 2.45) is 0 Å². The van der Waals surface area contributed by atoms with Crippen LogP contribution in [0.25, 0.3) is 0 Å². The van der Waals surface area contributed by atoms with Crippen molar-refractivity contribution in [2.75, 3.05) is 32.0 Å². The van der Waals surface area contributed by atoms with Crippen molar-refractivity contribution in [2.45, 2.75) is 13.0 Å². The lowest BCUT2D eigenvalue weighted by atomic mass is 10.3. The van der Waals surface area contributed by atoms with Gasteiger partial charge >= 0.3 is 0 Å². The predicted octanol–water partition coefficient (Wildman–Crippen LogP) is -0.0983. The Hall–Kier alpha value is -1.21. The zero-order valence-electron chi connectivity index (χ0n) is 9.19. The third-order valence-corrected chi connectivity index (χ3v) is 3.35. The van der Waals surface area contributed by atoms with E-state index in [1.807, 2.05) is 7.05 Å². The van der Waals surface area contributed by atoms with Crippen LogP contribution in [-0.2, 0) is 11.3 Å². The maximum atomic E-state index is 11.2. The second-order valence-electron chi connectivity index (χ2n) is 3.67. The number of hydrogen-bond donors (Lipinski definition) is 2. The largest absolute Gasteiger partial charge is 0.377 e. The Bertz CT molecular complexity index is 367. The monoisotopic (exact) mass is 241 g/mol. The van der Waals surface area contributed by atoms with E-state index in [1.54, 1.807) is 0 Å². The highest BCUT2D eigenvalue weighted by Crippen LogP contribution is 2.18. The van der Waals surface area contributed by atoms with Crippen LogP contribution in [0.5, 0.6) is 0 Å². The van der Waals surface area contributed by atoms with E-state index in [0.29, 0.717) is 13.0 Å². The van der Waals surface area contributed by atoms with Crippen LogP contribution >= 0.6 is 11.5 Å². The van der Waals surface area contributed by atoms with E-state index in [1.165, 1.54) is 11.5 Å². The number of hydrogen-bond acceptors (Lipinski definition) is 6. The van der Waals surface area contributed by atoms with Crippen LogP contribution in [0.15, 0.2) is 0 Å². The highest BCUT2D eigenvalue weighted by molar-refractivity contribution is 7.10. The van der Waals surface area contributed by atoms with Gasteiger partial charge in [-0.1, -0.05) is 4.49 Å². The van der Waals surface area contributed by atoms with Gasteiger partial charge in [-0.25, -0.2) is 0 Å². The first-order chi connectivity index (χ1) is 7.79. The van der Waals surface area contributed by atoms with Crippen LogP contribution in [0.1, 0.15) is 12.1 Å². The van der Waals surface area contributed by atoms with Crippen molar-refractivity contribution in [3.05, 3.63) is 5.69 Å². The van der Waals surface area contributed by atoms with E-state index in [9.17, 15) is 4.79 Å². The minimum atomic E-state index is 0.132. The van der Waals surface area contributed by atoms with Crippen LogP contribution < -0.4 is 10.6 Å². The van der Waals surface area contributed by atoms with Crippen LogP contribution in [0.4, 0.5) is 5.00 Å². The molecule has 1 aromatic rings. The standard InChI is InChI=1S/C9H15N5OS/c1-10-9-7(12-13-16-9)6-14-4-2-8(15)11-3-5-14/h10H,2-6H2,1H3,(H,11,15). The van der Waals surface area contributed by atoms with Crippen LogP contribution in [0.3, 0.4) is 0 Å². The first kappa shape index (κ1) is 11.3. The Morgan fingerprint density at radius 2 is 2.44 bits per heavy atom. The maximum absolute atomic E-state index is 11.2. The summed E-state index contributed by atoms with van der Waals surface area (Å²) in [6.07, 6.45) is 0.562. The molecule has 0 bridgehead atoms. The van der Waals surface area contributed by atoms with Crippen molar-refractivity contribution in [3.63, 3.8) is 0 Å². The summed E-state index contributed by atoms with van der Waals surface area (Å²) in [6.45, 7) is 3.12. The Labute approximate surface area is 98.2 Å². The highest BCUT2D eigenvalue weighted by atomic mass is 32.1. The van der Waals surface area contributed by atoms with Gasteiger partial charge in [-0.3, -0.25) is 9.69 Å². The molecule has 0 unspecified atom stereocenters. The van der Waals surface area contributed by atoms with E-state index in [0.717, 1.165) is 30.3 Å². The van der Waals surface area contributed by atoms with E-state index in [-0.39, 0.29) is 5.91 Å². The number of rotatable bonds is 3. The zero-order valence-corrected chi connectivity index (χ0v) is 10.0. The summed E-state index contributed by atoms with van der Waals surface area (Å²) in [5.41, 5.74) is 0.960. The van der Waals surface area contributed by atoms with Gasteiger partial charge in [0.05, 0.1) is 0 Å². The molecule has 1 aromatic heterocycles. The van der Waals surface area contributed by atoms with Crippen LogP contribution in [-0.4, -0.2) is 47.1 Å².